The van der Waals surface area contributed by atoms with Crippen molar-refractivity contribution >= 4 is 0 Å². The molecular formula is C12H23N3. The van der Waals surface area contributed by atoms with Gasteiger partial charge in [0.25, 0.3) is 0 Å². The van der Waals surface area contributed by atoms with Gasteiger partial charge in [-0.05, 0) is 26.5 Å². The Hall–Kier alpha value is -0.380. The lowest BCUT2D eigenvalue weighted by Crippen LogP contribution is -2.51. The van der Waals surface area contributed by atoms with E-state index in [0.29, 0.717) is 6.04 Å². The molecule has 1 N–H and O–H groups in total. The molecule has 2 rings (SSSR count). The van der Waals surface area contributed by atoms with Crippen LogP contribution in [0.4, 0.5) is 0 Å². The lowest BCUT2D eigenvalue weighted by Gasteiger charge is -2.39. The Morgan fingerprint density at radius 3 is 2.67 bits per heavy atom. The zero-order valence-corrected chi connectivity index (χ0v) is 10.2. The number of nitrogens with zero attached hydrogens (tertiary/aromatic N) is 2. The highest BCUT2D eigenvalue weighted by atomic mass is 15.3. The highest BCUT2D eigenvalue weighted by Crippen LogP contribution is 2.14. The predicted octanol–water partition coefficient (Wildman–Crippen LogP) is 0.542. The number of piperazine rings is 1. The summed E-state index contributed by atoms with van der Waals surface area (Å²) in [7, 11) is 2.22. The molecule has 0 saturated carbocycles. The van der Waals surface area contributed by atoms with Gasteiger partial charge in [0.2, 0.25) is 0 Å². The van der Waals surface area contributed by atoms with Crippen molar-refractivity contribution in [1.82, 2.24) is 15.1 Å². The van der Waals surface area contributed by atoms with Gasteiger partial charge < -0.3 is 10.2 Å². The van der Waals surface area contributed by atoms with E-state index >= 15 is 0 Å². The summed E-state index contributed by atoms with van der Waals surface area (Å²) in [5.41, 5.74) is 3.21. The smallest absolute Gasteiger partial charge is 0.0198 e. The second-order valence-corrected chi connectivity index (χ2v) is 5.07. The van der Waals surface area contributed by atoms with Crippen molar-refractivity contribution in [1.29, 1.82) is 0 Å². The minimum atomic E-state index is 0.701. The fourth-order valence-electron chi connectivity index (χ4n) is 2.38. The van der Waals surface area contributed by atoms with E-state index in [0.717, 1.165) is 13.1 Å². The largest absolute Gasteiger partial charge is 0.309 e. The van der Waals surface area contributed by atoms with E-state index in [-0.39, 0.29) is 0 Å². The van der Waals surface area contributed by atoms with Gasteiger partial charge in [0, 0.05) is 45.3 Å². The van der Waals surface area contributed by atoms with Gasteiger partial charge in [-0.25, -0.2) is 0 Å². The Balaban J connectivity index is 1.88. The van der Waals surface area contributed by atoms with Gasteiger partial charge in [0.1, 0.15) is 0 Å². The molecule has 3 heteroatoms. The predicted molar refractivity (Wildman–Crippen MR) is 64.1 cm³/mol. The van der Waals surface area contributed by atoms with E-state index in [1.165, 1.54) is 26.2 Å². The van der Waals surface area contributed by atoms with Crippen LogP contribution in [0.15, 0.2) is 11.1 Å². The van der Waals surface area contributed by atoms with E-state index in [1.54, 1.807) is 11.1 Å². The van der Waals surface area contributed by atoms with Gasteiger partial charge in [-0.3, -0.25) is 4.90 Å². The van der Waals surface area contributed by atoms with E-state index in [4.69, 9.17) is 0 Å². The molecule has 0 radical (unpaired) electrons. The Morgan fingerprint density at radius 1 is 1.40 bits per heavy atom. The lowest BCUT2D eigenvalue weighted by molar-refractivity contribution is 0.109. The second kappa shape index (κ2) is 4.64. The van der Waals surface area contributed by atoms with Crippen molar-refractivity contribution in [2.24, 2.45) is 0 Å². The molecule has 2 fully saturated rings. The summed E-state index contributed by atoms with van der Waals surface area (Å²) in [6.45, 7) is 11.7. The molecule has 86 valence electrons. The van der Waals surface area contributed by atoms with E-state index in [2.05, 4.69) is 36.0 Å². The molecule has 2 aliphatic rings. The molecule has 0 spiro atoms. The molecule has 2 heterocycles. The normalized spacial score (nSPS) is 29.0. The van der Waals surface area contributed by atoms with Crippen molar-refractivity contribution < 1.29 is 0 Å². The summed E-state index contributed by atoms with van der Waals surface area (Å²) >= 11 is 0. The Morgan fingerprint density at radius 2 is 2.13 bits per heavy atom. The maximum absolute atomic E-state index is 3.31. The molecule has 0 bridgehead atoms. The molecule has 15 heavy (non-hydrogen) atoms. The average molecular weight is 209 g/mol. The zero-order valence-electron chi connectivity index (χ0n) is 10.2. The van der Waals surface area contributed by atoms with E-state index in [9.17, 15) is 0 Å². The van der Waals surface area contributed by atoms with Crippen molar-refractivity contribution in [3.05, 3.63) is 11.1 Å². The van der Waals surface area contributed by atoms with Crippen LogP contribution in [0, 0.1) is 0 Å². The Bertz CT molecular complexity index is 254. The Labute approximate surface area is 93.1 Å². The van der Waals surface area contributed by atoms with Crippen LogP contribution in [-0.2, 0) is 0 Å². The van der Waals surface area contributed by atoms with Crippen LogP contribution in [0.3, 0.4) is 0 Å². The third-order valence-electron chi connectivity index (χ3n) is 3.69. The fraction of sp³-hybridized carbons (Fsp3) is 0.833. The number of rotatable bonds is 2. The molecule has 2 aliphatic heterocycles. The van der Waals surface area contributed by atoms with Gasteiger partial charge >= 0.3 is 0 Å². The first-order chi connectivity index (χ1) is 7.16. The fourth-order valence-corrected chi connectivity index (χ4v) is 2.38. The maximum atomic E-state index is 3.31. The van der Waals surface area contributed by atoms with Gasteiger partial charge in [-0.1, -0.05) is 5.57 Å². The SMILES string of the molecule is CC(CN1CCN(C)CC1C)=C1CNC1. The average Bonchev–Trinajstić information content (AvgIpc) is 2.07. The number of likely N-dealkylation sites (N-methyl/N-ethyl adjacent to an activating group) is 1. The molecule has 1 unspecified atom stereocenters. The van der Waals surface area contributed by atoms with Gasteiger partial charge in [0.05, 0.1) is 0 Å². The molecule has 0 aromatic rings. The number of hydrogen-bond donors (Lipinski definition) is 1. The molecular weight excluding hydrogens is 186 g/mol. The van der Waals surface area contributed by atoms with Crippen molar-refractivity contribution in [2.75, 3.05) is 46.3 Å². The van der Waals surface area contributed by atoms with Gasteiger partial charge in [-0.2, -0.15) is 0 Å². The first-order valence-electron chi connectivity index (χ1n) is 5.97. The second-order valence-electron chi connectivity index (χ2n) is 5.07. The quantitative estimate of drug-likeness (QED) is 0.670. The summed E-state index contributed by atoms with van der Waals surface area (Å²) < 4.78 is 0. The van der Waals surface area contributed by atoms with Crippen LogP contribution in [-0.4, -0.2) is 62.2 Å². The van der Waals surface area contributed by atoms with E-state index in [1.807, 2.05) is 0 Å². The monoisotopic (exact) mass is 209 g/mol. The summed E-state index contributed by atoms with van der Waals surface area (Å²) in [5, 5.41) is 3.31. The summed E-state index contributed by atoms with van der Waals surface area (Å²) in [6.07, 6.45) is 0. The van der Waals surface area contributed by atoms with Crippen LogP contribution in [0.25, 0.3) is 0 Å². The highest BCUT2D eigenvalue weighted by Gasteiger charge is 2.22. The third-order valence-corrected chi connectivity index (χ3v) is 3.69. The molecule has 0 aliphatic carbocycles. The van der Waals surface area contributed by atoms with Gasteiger partial charge in [-0.15, -0.1) is 0 Å². The van der Waals surface area contributed by atoms with Crippen LogP contribution >= 0.6 is 0 Å². The van der Waals surface area contributed by atoms with Crippen LogP contribution in [0.1, 0.15) is 13.8 Å². The molecule has 0 amide bonds. The standard InChI is InChI=1S/C12H23N3/c1-10(12-6-13-7-12)8-15-5-4-14(3)9-11(15)2/h11,13H,4-9H2,1-3H3. The van der Waals surface area contributed by atoms with Gasteiger partial charge in [0.15, 0.2) is 0 Å². The van der Waals surface area contributed by atoms with Crippen LogP contribution < -0.4 is 5.32 Å². The van der Waals surface area contributed by atoms with Crippen LogP contribution in [0.5, 0.6) is 0 Å². The first kappa shape index (κ1) is 11.1. The van der Waals surface area contributed by atoms with Crippen molar-refractivity contribution in [2.45, 2.75) is 19.9 Å². The minimum absolute atomic E-state index is 0.701. The molecule has 2 saturated heterocycles. The highest BCUT2D eigenvalue weighted by molar-refractivity contribution is 5.22. The molecule has 0 aromatic heterocycles. The third kappa shape index (κ3) is 2.60. The van der Waals surface area contributed by atoms with Crippen LogP contribution in [0.2, 0.25) is 0 Å². The topological polar surface area (TPSA) is 18.5 Å². The lowest BCUT2D eigenvalue weighted by atomic mass is 10.0. The molecule has 1 atom stereocenters. The summed E-state index contributed by atoms with van der Waals surface area (Å²) in [6, 6.07) is 0.701. The molecule has 0 aromatic carbocycles. The Kier molecular flexibility index (Phi) is 3.44. The van der Waals surface area contributed by atoms with Crippen molar-refractivity contribution in [3.63, 3.8) is 0 Å². The molecule has 3 nitrogen and oxygen atoms in total. The summed E-state index contributed by atoms with van der Waals surface area (Å²) in [4.78, 5) is 5.04. The zero-order chi connectivity index (χ0) is 10.8. The van der Waals surface area contributed by atoms with E-state index < -0.39 is 0 Å². The minimum Gasteiger partial charge on any atom is -0.309 e. The maximum Gasteiger partial charge on any atom is 0.0198 e. The first-order valence-corrected chi connectivity index (χ1v) is 5.97. The number of nitrogens with one attached hydrogen (secondary N) is 1. The van der Waals surface area contributed by atoms with Crippen molar-refractivity contribution in [3.8, 4) is 0 Å². The number of hydrogen-bond acceptors (Lipinski definition) is 3. The summed E-state index contributed by atoms with van der Waals surface area (Å²) in [5.74, 6) is 0.